The second-order valence-electron chi connectivity index (χ2n) is 6.08. The Morgan fingerprint density at radius 2 is 1.96 bits per heavy atom. The molecule has 0 spiro atoms. The molecule has 150 valence electrons. The summed E-state index contributed by atoms with van der Waals surface area (Å²) in [6.07, 6.45) is 2.21. The molecule has 0 atom stereocenters. The minimum atomic E-state index is -0.342. The molecule has 1 aromatic heterocycles. The first-order valence-electron chi connectivity index (χ1n) is 9.07. The van der Waals surface area contributed by atoms with Crippen LogP contribution in [0.5, 0.6) is 0 Å². The monoisotopic (exact) mass is 387 g/mol. The molecule has 0 saturated carbocycles. The van der Waals surface area contributed by atoms with E-state index in [1.807, 2.05) is 0 Å². The van der Waals surface area contributed by atoms with Gasteiger partial charge in [-0.3, -0.25) is 4.99 Å². The average Bonchev–Trinajstić information content (AvgIpc) is 3.02. The smallest absolute Gasteiger partial charge is 0.190 e. The van der Waals surface area contributed by atoms with Crippen LogP contribution in [0.15, 0.2) is 29.3 Å². The fraction of sp³-hybridized carbons (Fsp3) is 0.421. The lowest BCUT2D eigenvalue weighted by atomic mass is 10.1. The van der Waals surface area contributed by atoms with Gasteiger partial charge in [-0.05, 0) is 43.5 Å². The zero-order chi connectivity index (χ0) is 20.4. The van der Waals surface area contributed by atoms with Crippen LogP contribution in [0, 0.1) is 17.1 Å². The van der Waals surface area contributed by atoms with Gasteiger partial charge in [0.1, 0.15) is 23.3 Å². The maximum Gasteiger partial charge on any atom is 0.190 e. The maximum absolute atomic E-state index is 13.1. The van der Waals surface area contributed by atoms with Crippen LogP contribution < -0.4 is 16.4 Å². The molecule has 0 radical (unpaired) electrons. The number of aromatic nitrogens is 2. The summed E-state index contributed by atoms with van der Waals surface area (Å²) in [5.74, 6) is 0.631. The number of methoxy groups -OCH3 is 1. The molecular weight excluding hydrogens is 361 g/mol. The molecule has 1 heterocycles. The number of benzene rings is 1. The van der Waals surface area contributed by atoms with Crippen molar-refractivity contribution < 1.29 is 9.13 Å². The van der Waals surface area contributed by atoms with E-state index < -0.39 is 0 Å². The van der Waals surface area contributed by atoms with Crippen molar-refractivity contribution in [2.24, 2.45) is 4.99 Å². The molecular formula is C19H26FN7O. The summed E-state index contributed by atoms with van der Waals surface area (Å²) in [5, 5.41) is 20.3. The lowest BCUT2D eigenvalue weighted by Crippen LogP contribution is -2.38. The largest absolute Gasteiger partial charge is 0.385 e. The predicted octanol–water partition coefficient (Wildman–Crippen LogP) is 1.60. The summed E-state index contributed by atoms with van der Waals surface area (Å²) in [7, 11) is 3.39. The zero-order valence-corrected chi connectivity index (χ0v) is 16.2. The molecule has 28 heavy (non-hydrogen) atoms. The number of hydrogen-bond acceptors (Lipinski definition) is 5. The molecule has 9 heteroatoms. The summed E-state index contributed by atoms with van der Waals surface area (Å²) >= 11 is 0. The van der Waals surface area contributed by atoms with Gasteiger partial charge >= 0.3 is 0 Å². The molecule has 0 aliphatic heterocycles. The molecule has 0 aliphatic carbocycles. The predicted molar refractivity (Wildman–Crippen MR) is 107 cm³/mol. The van der Waals surface area contributed by atoms with Crippen LogP contribution in [0.1, 0.15) is 24.1 Å². The number of aliphatic imine (C=N–C) groups is 1. The Kier molecular flexibility index (Phi) is 8.24. The molecule has 0 fully saturated rings. The Balaban J connectivity index is 1.93. The van der Waals surface area contributed by atoms with Crippen molar-refractivity contribution in [1.29, 1.82) is 5.26 Å². The van der Waals surface area contributed by atoms with Gasteiger partial charge < -0.3 is 21.1 Å². The van der Waals surface area contributed by atoms with Crippen molar-refractivity contribution in [3.63, 3.8) is 0 Å². The molecule has 2 aromatic rings. The number of hydrogen-bond donors (Lipinski definition) is 3. The minimum absolute atomic E-state index is 0.257. The lowest BCUT2D eigenvalue weighted by Gasteiger charge is -2.11. The van der Waals surface area contributed by atoms with Crippen LogP contribution in [-0.4, -0.2) is 49.6 Å². The van der Waals surface area contributed by atoms with Crippen molar-refractivity contribution in [2.45, 2.75) is 19.3 Å². The lowest BCUT2D eigenvalue weighted by molar-refractivity contribution is 0.195. The molecule has 0 unspecified atom stereocenters. The van der Waals surface area contributed by atoms with E-state index in [1.165, 1.54) is 16.8 Å². The van der Waals surface area contributed by atoms with E-state index in [0.29, 0.717) is 42.5 Å². The van der Waals surface area contributed by atoms with Crippen LogP contribution in [0.3, 0.4) is 0 Å². The Labute approximate surface area is 164 Å². The SMILES string of the molecule is CN=C(NCCCOC)NCCCc1nn(-c2ccc(F)cc2)c(N)c1C#N. The number of aryl methyl sites for hydroxylation is 1. The third-order valence-electron chi connectivity index (χ3n) is 4.10. The first-order valence-corrected chi connectivity index (χ1v) is 9.07. The van der Waals surface area contributed by atoms with E-state index in [4.69, 9.17) is 10.5 Å². The Morgan fingerprint density at radius 1 is 1.29 bits per heavy atom. The number of anilines is 1. The number of ether oxygens (including phenoxy) is 1. The highest BCUT2D eigenvalue weighted by molar-refractivity contribution is 5.79. The van der Waals surface area contributed by atoms with Gasteiger partial charge in [0.05, 0.1) is 11.4 Å². The maximum atomic E-state index is 13.1. The molecule has 1 aromatic carbocycles. The average molecular weight is 387 g/mol. The van der Waals surface area contributed by atoms with E-state index >= 15 is 0 Å². The molecule has 2 rings (SSSR count). The van der Waals surface area contributed by atoms with Gasteiger partial charge in [0, 0.05) is 33.9 Å². The highest BCUT2D eigenvalue weighted by Gasteiger charge is 2.16. The summed E-state index contributed by atoms with van der Waals surface area (Å²) in [4.78, 5) is 4.16. The summed E-state index contributed by atoms with van der Waals surface area (Å²) < 4.78 is 19.6. The fourth-order valence-corrected chi connectivity index (χ4v) is 2.66. The fourth-order valence-electron chi connectivity index (χ4n) is 2.66. The van der Waals surface area contributed by atoms with Gasteiger partial charge in [-0.2, -0.15) is 10.4 Å². The highest BCUT2D eigenvalue weighted by atomic mass is 19.1. The van der Waals surface area contributed by atoms with Gasteiger partial charge in [0.15, 0.2) is 5.96 Å². The Hall–Kier alpha value is -3.12. The number of nitrogens with zero attached hydrogens (tertiary/aromatic N) is 4. The normalized spacial score (nSPS) is 11.3. The van der Waals surface area contributed by atoms with Crippen LogP contribution in [0.2, 0.25) is 0 Å². The van der Waals surface area contributed by atoms with E-state index in [2.05, 4.69) is 26.8 Å². The molecule has 0 saturated heterocycles. The first-order chi connectivity index (χ1) is 13.6. The molecule has 0 bridgehead atoms. The second kappa shape index (κ2) is 10.9. The zero-order valence-electron chi connectivity index (χ0n) is 16.2. The first kappa shape index (κ1) is 21.2. The third-order valence-corrected chi connectivity index (χ3v) is 4.10. The minimum Gasteiger partial charge on any atom is -0.385 e. The van der Waals surface area contributed by atoms with E-state index in [9.17, 15) is 9.65 Å². The number of nitrogen functional groups attached to an aromatic ring is 1. The van der Waals surface area contributed by atoms with E-state index in [-0.39, 0.29) is 11.6 Å². The van der Waals surface area contributed by atoms with Gasteiger partial charge in [0.25, 0.3) is 0 Å². The Morgan fingerprint density at radius 3 is 2.57 bits per heavy atom. The van der Waals surface area contributed by atoms with Gasteiger partial charge in [-0.25, -0.2) is 9.07 Å². The number of nitrogens with one attached hydrogen (secondary N) is 2. The topological polar surface area (TPSA) is 113 Å². The van der Waals surface area contributed by atoms with Crippen LogP contribution >= 0.6 is 0 Å². The molecule has 0 amide bonds. The van der Waals surface area contributed by atoms with Crippen molar-refractivity contribution in [3.05, 3.63) is 41.3 Å². The second-order valence-corrected chi connectivity index (χ2v) is 6.08. The highest BCUT2D eigenvalue weighted by Crippen LogP contribution is 2.21. The summed E-state index contributed by atoms with van der Waals surface area (Å²) in [6, 6.07) is 7.92. The molecule has 8 nitrogen and oxygen atoms in total. The number of halogens is 1. The van der Waals surface area contributed by atoms with Crippen LogP contribution in [0.4, 0.5) is 10.2 Å². The summed E-state index contributed by atoms with van der Waals surface area (Å²) in [5.41, 5.74) is 7.65. The van der Waals surface area contributed by atoms with Crippen molar-refractivity contribution >= 4 is 11.8 Å². The van der Waals surface area contributed by atoms with Crippen LogP contribution in [0.25, 0.3) is 5.69 Å². The van der Waals surface area contributed by atoms with Crippen molar-refractivity contribution in [2.75, 3.05) is 39.6 Å². The Bertz CT molecular complexity index is 824. The van der Waals surface area contributed by atoms with E-state index in [0.717, 1.165) is 19.4 Å². The van der Waals surface area contributed by atoms with Gasteiger partial charge in [-0.15, -0.1) is 0 Å². The van der Waals surface area contributed by atoms with Gasteiger partial charge in [0.2, 0.25) is 0 Å². The molecule has 4 N–H and O–H groups in total. The standard InChI is InChI=1S/C19H26FN7O/c1-23-19(25-11-4-12-28-2)24-10-3-5-17-16(13-21)18(22)27(26-17)15-8-6-14(20)7-9-15/h6-9H,3-5,10-12,22H2,1-2H3,(H2,23,24,25). The third kappa shape index (κ3) is 5.69. The summed E-state index contributed by atoms with van der Waals surface area (Å²) in [6.45, 7) is 2.13. The quantitative estimate of drug-likeness (QED) is 0.342. The number of rotatable bonds is 9. The molecule has 0 aliphatic rings. The van der Waals surface area contributed by atoms with Crippen LogP contribution in [-0.2, 0) is 11.2 Å². The van der Waals surface area contributed by atoms with E-state index in [1.54, 1.807) is 26.3 Å². The van der Waals surface area contributed by atoms with Crippen molar-refractivity contribution in [1.82, 2.24) is 20.4 Å². The number of nitriles is 1. The van der Waals surface area contributed by atoms with Gasteiger partial charge in [-0.1, -0.05) is 0 Å². The number of nitrogens with two attached hydrogens (primary N) is 1. The van der Waals surface area contributed by atoms with Crippen molar-refractivity contribution in [3.8, 4) is 11.8 Å². The number of guanidine groups is 1.